The summed E-state index contributed by atoms with van der Waals surface area (Å²) in [6, 6.07) is -1.00. The van der Waals surface area contributed by atoms with Gasteiger partial charge in [-0.1, -0.05) is 16.5 Å². The van der Waals surface area contributed by atoms with Crippen LogP contribution >= 0.6 is 34.6 Å². The lowest BCUT2D eigenvalue weighted by molar-refractivity contribution is -0.696. The number of oxime groups is 1. The maximum Gasteiger partial charge on any atom is 0.288 e. The van der Waals surface area contributed by atoms with E-state index in [4.69, 9.17) is 10.6 Å². The van der Waals surface area contributed by atoms with Crippen molar-refractivity contribution in [1.29, 1.82) is 0 Å². The molecule has 1 fully saturated rings. The predicted octanol–water partition coefficient (Wildman–Crippen LogP) is -2.33. The zero-order valence-corrected chi connectivity index (χ0v) is 20.9. The van der Waals surface area contributed by atoms with Crippen molar-refractivity contribution < 1.29 is 34.0 Å². The molecule has 0 aliphatic carbocycles. The average molecular weight is 551 g/mol. The Labute approximate surface area is 214 Å². The Morgan fingerprint density at radius 3 is 2.94 bits per heavy atom. The largest absolute Gasteiger partial charge is 0.543 e. The number of fused-ring (bicyclic) bond motifs is 2. The van der Waals surface area contributed by atoms with Gasteiger partial charge in [0.2, 0.25) is 16.4 Å². The first-order valence-corrected chi connectivity index (χ1v) is 13.0. The first-order chi connectivity index (χ1) is 17.3. The van der Waals surface area contributed by atoms with Gasteiger partial charge in [0.25, 0.3) is 17.6 Å². The summed E-state index contributed by atoms with van der Waals surface area (Å²) in [5.41, 5.74) is 5.53. The van der Waals surface area contributed by atoms with E-state index in [0.29, 0.717) is 11.4 Å². The number of thiazole rings is 1. The number of carbonyl (C=O) groups excluding carboxylic acids is 3. The fourth-order valence-electron chi connectivity index (χ4n) is 4.06. The number of hydrogen-bond acceptors (Lipinski definition) is 13. The lowest BCUT2D eigenvalue weighted by atomic mass is 10.0. The number of anilines is 1. The summed E-state index contributed by atoms with van der Waals surface area (Å²) in [6.07, 6.45) is 3.62. The Morgan fingerprint density at radius 2 is 2.28 bits per heavy atom. The lowest BCUT2D eigenvalue weighted by Gasteiger charge is -2.50. The molecule has 0 bridgehead atoms. The second-order valence-corrected chi connectivity index (χ2v) is 10.4. The van der Waals surface area contributed by atoms with E-state index < -0.39 is 29.2 Å². The van der Waals surface area contributed by atoms with Crippen LogP contribution in [0.15, 0.2) is 34.2 Å². The summed E-state index contributed by atoms with van der Waals surface area (Å²) in [5.74, 6) is -2.08. The van der Waals surface area contributed by atoms with E-state index >= 15 is 0 Å². The average Bonchev–Trinajstić information content (AvgIpc) is 3.56. The number of aliphatic hydroxyl groups is 1. The van der Waals surface area contributed by atoms with Crippen LogP contribution in [0.3, 0.4) is 0 Å². The number of hydrogen-bond donors (Lipinski definition) is 3. The number of rotatable bonds is 8. The van der Waals surface area contributed by atoms with E-state index in [9.17, 15) is 24.6 Å². The molecular formula is C19H18N8O6S3. The van der Waals surface area contributed by atoms with Gasteiger partial charge < -0.3 is 30.9 Å². The number of nitrogens with two attached hydrogens (primary N) is 1. The number of carboxylic acid groups (broad SMARTS) is 1. The SMILES string of the molecule is CO/N=C(\C(=O)N[C@@H]1C(=O)N2C(C(=O)[O-])=C(C[n+]3cc4sccn4c3CO)CS[C@H]12)c1nsc(N)n1. The summed E-state index contributed by atoms with van der Waals surface area (Å²) in [4.78, 5) is 48.5. The molecule has 5 rings (SSSR count). The Kier molecular flexibility index (Phi) is 6.37. The minimum Gasteiger partial charge on any atom is -0.543 e. The van der Waals surface area contributed by atoms with Gasteiger partial charge in [-0.25, -0.2) is 4.57 Å². The van der Waals surface area contributed by atoms with E-state index in [1.54, 1.807) is 4.57 Å². The first kappa shape index (κ1) is 24.2. The van der Waals surface area contributed by atoms with Crippen molar-refractivity contribution >= 4 is 68.1 Å². The second kappa shape index (κ2) is 9.49. The summed E-state index contributed by atoms with van der Waals surface area (Å²) < 4.78 is 7.49. The van der Waals surface area contributed by atoms with Crippen LogP contribution in [0.25, 0.3) is 4.83 Å². The van der Waals surface area contributed by atoms with Gasteiger partial charge in [0.15, 0.2) is 5.13 Å². The van der Waals surface area contributed by atoms with Gasteiger partial charge in [0, 0.05) is 28.2 Å². The highest BCUT2D eigenvalue weighted by Crippen LogP contribution is 2.40. The number of nitrogen functional groups attached to an aromatic ring is 1. The van der Waals surface area contributed by atoms with Gasteiger partial charge in [-0.3, -0.25) is 14.5 Å². The monoisotopic (exact) mass is 550 g/mol. The van der Waals surface area contributed by atoms with Crippen LogP contribution in [0.1, 0.15) is 11.6 Å². The molecule has 3 aromatic heterocycles. The topological polar surface area (TPSA) is 191 Å². The molecule has 2 atom stereocenters. The van der Waals surface area contributed by atoms with Crippen LogP contribution in [-0.4, -0.2) is 71.5 Å². The zero-order chi connectivity index (χ0) is 25.6. The molecule has 2 aliphatic rings. The number of β-lactam (4-membered cyclic amide) rings is 1. The minimum atomic E-state index is -1.50. The molecule has 14 nitrogen and oxygen atoms in total. The fourth-order valence-corrected chi connectivity index (χ4v) is 6.62. The zero-order valence-electron chi connectivity index (χ0n) is 18.5. The maximum absolute atomic E-state index is 13.0. The van der Waals surface area contributed by atoms with Crippen LogP contribution < -0.4 is 20.7 Å². The number of aromatic nitrogens is 4. The minimum absolute atomic E-state index is 0.0569. The third-order valence-corrected chi connectivity index (χ3v) is 8.28. The third kappa shape index (κ3) is 3.98. The number of aliphatic carboxylic acids is 1. The van der Waals surface area contributed by atoms with Gasteiger partial charge in [-0.2, -0.15) is 13.8 Å². The molecule has 2 amide bonds. The number of nitrogens with zero attached hydrogens (tertiary/aromatic N) is 6. The van der Waals surface area contributed by atoms with E-state index in [0.717, 1.165) is 21.3 Å². The van der Waals surface area contributed by atoms with Gasteiger partial charge in [0.05, 0.1) is 11.7 Å². The van der Waals surface area contributed by atoms with E-state index in [1.165, 1.54) is 30.2 Å². The van der Waals surface area contributed by atoms with Gasteiger partial charge in [-0.15, -0.1) is 11.8 Å². The summed E-state index contributed by atoms with van der Waals surface area (Å²) >= 11 is 3.64. The number of amides is 2. The Bertz CT molecular complexity index is 1440. The van der Waals surface area contributed by atoms with E-state index in [1.807, 2.05) is 22.2 Å². The molecular weight excluding hydrogens is 532 g/mol. The van der Waals surface area contributed by atoms with Crippen molar-refractivity contribution in [3.63, 3.8) is 0 Å². The molecule has 0 radical (unpaired) electrons. The highest BCUT2D eigenvalue weighted by atomic mass is 32.2. The third-order valence-electron chi connectivity index (χ3n) is 5.59. The number of thioether (sulfide) groups is 1. The molecule has 0 aromatic carbocycles. The van der Waals surface area contributed by atoms with Gasteiger partial charge in [-0.05, 0) is 0 Å². The smallest absolute Gasteiger partial charge is 0.288 e. The molecule has 0 saturated carbocycles. The molecule has 3 aromatic rings. The molecule has 1 saturated heterocycles. The number of carbonyl (C=O) groups is 3. The summed E-state index contributed by atoms with van der Waals surface area (Å²) in [6.45, 7) is -0.105. The van der Waals surface area contributed by atoms with E-state index in [2.05, 4.69) is 19.8 Å². The molecule has 4 N–H and O–H groups in total. The highest BCUT2D eigenvalue weighted by molar-refractivity contribution is 8.00. The van der Waals surface area contributed by atoms with Crippen molar-refractivity contribution in [1.82, 2.24) is 24.0 Å². The van der Waals surface area contributed by atoms with Crippen LogP contribution in [0.4, 0.5) is 5.13 Å². The summed E-state index contributed by atoms with van der Waals surface area (Å²) in [5, 5.41) is 29.5. The molecule has 5 heterocycles. The van der Waals surface area contributed by atoms with Crippen molar-refractivity contribution in [3.05, 3.63) is 40.7 Å². The number of nitrogens with one attached hydrogen (secondary N) is 1. The molecule has 36 heavy (non-hydrogen) atoms. The standard InChI is InChI=1S/C19H18N8O6S3/c1-33-23-11(14-22-19(20)36-24-14)15(29)21-12-16(30)27-13(18(31)32)8(7-35-17(12)27)4-25-5-10-26(2-3-34-10)9(25)6-28/h2-3,5,12,17,28H,4,6-7H2,1H3,(H3-,20,21,22,24,29,31,32)/b23-11-/t12-,17-/m1/s1. The van der Waals surface area contributed by atoms with E-state index in [-0.39, 0.29) is 41.3 Å². The Balaban J connectivity index is 1.38. The molecule has 188 valence electrons. The summed E-state index contributed by atoms with van der Waals surface area (Å²) in [7, 11) is 1.24. The van der Waals surface area contributed by atoms with Crippen LogP contribution in [0.5, 0.6) is 0 Å². The molecule has 0 unspecified atom stereocenters. The molecule has 0 spiro atoms. The van der Waals surface area contributed by atoms with Crippen LogP contribution in [0.2, 0.25) is 0 Å². The molecule has 17 heteroatoms. The van der Waals surface area contributed by atoms with Crippen molar-refractivity contribution in [2.24, 2.45) is 5.16 Å². The normalized spacial score (nSPS) is 19.9. The Morgan fingerprint density at radius 1 is 1.47 bits per heavy atom. The van der Waals surface area contributed by atoms with Gasteiger partial charge >= 0.3 is 0 Å². The van der Waals surface area contributed by atoms with Crippen molar-refractivity contribution in [3.8, 4) is 0 Å². The Hall–Kier alpha value is -3.54. The predicted molar refractivity (Wildman–Crippen MR) is 126 cm³/mol. The van der Waals surface area contributed by atoms with Crippen LogP contribution in [0, 0.1) is 0 Å². The second-order valence-electron chi connectivity index (χ2n) is 7.62. The first-order valence-electron chi connectivity index (χ1n) is 10.3. The number of carboxylic acids is 1. The highest BCUT2D eigenvalue weighted by Gasteiger charge is 2.53. The number of imidazole rings is 1. The van der Waals surface area contributed by atoms with Crippen molar-refractivity contribution in [2.45, 2.75) is 24.6 Å². The quantitative estimate of drug-likeness (QED) is 0.119. The fraction of sp³-hybridized carbons (Fsp3) is 0.316. The van der Waals surface area contributed by atoms with Gasteiger partial charge in [0.1, 0.15) is 44.1 Å². The van der Waals surface area contributed by atoms with Crippen LogP contribution in [-0.2, 0) is 32.4 Å². The van der Waals surface area contributed by atoms with Crippen molar-refractivity contribution in [2.75, 3.05) is 18.6 Å². The lowest BCUT2D eigenvalue weighted by Crippen LogP contribution is -2.71. The molecule has 2 aliphatic heterocycles. The number of aliphatic hydroxyl groups excluding tert-OH is 1. The maximum atomic E-state index is 13.0.